The topological polar surface area (TPSA) is 106 Å². The number of cyclic esters (lactones) is 1. The number of rotatable bonds is 2. The van der Waals surface area contributed by atoms with Crippen molar-refractivity contribution < 1.29 is 19.1 Å². The second kappa shape index (κ2) is 5.59. The van der Waals surface area contributed by atoms with E-state index in [0.29, 0.717) is 17.8 Å². The molecule has 1 aliphatic heterocycles. The van der Waals surface area contributed by atoms with E-state index in [4.69, 9.17) is 4.74 Å². The second-order valence-electron chi connectivity index (χ2n) is 6.22. The number of carbonyl (C=O) groups excluding carboxylic acids is 3. The summed E-state index contributed by atoms with van der Waals surface area (Å²) < 4.78 is 6.66. The van der Waals surface area contributed by atoms with Gasteiger partial charge < -0.3 is 15.0 Å². The van der Waals surface area contributed by atoms with Crippen molar-refractivity contribution in [2.45, 2.75) is 31.9 Å². The second-order valence-corrected chi connectivity index (χ2v) is 6.22. The molecule has 1 N–H and O–H groups in total. The van der Waals surface area contributed by atoms with E-state index in [9.17, 15) is 14.4 Å². The Balaban J connectivity index is 1.73. The Bertz CT molecular complexity index is 828. The fourth-order valence-corrected chi connectivity index (χ4v) is 2.62. The van der Waals surface area contributed by atoms with Crippen LogP contribution in [0.3, 0.4) is 0 Å². The first-order valence-electron chi connectivity index (χ1n) is 7.38. The molecule has 1 aliphatic rings. The third-order valence-electron chi connectivity index (χ3n) is 3.84. The van der Waals surface area contributed by atoms with Crippen LogP contribution in [0.15, 0.2) is 24.7 Å². The molecule has 0 bridgehead atoms. The highest BCUT2D eigenvalue weighted by Crippen LogP contribution is 2.28. The van der Waals surface area contributed by atoms with Crippen LogP contribution >= 0.6 is 0 Å². The summed E-state index contributed by atoms with van der Waals surface area (Å²) in [4.78, 5) is 41.6. The van der Waals surface area contributed by atoms with E-state index < -0.39 is 29.4 Å². The minimum atomic E-state index is -0.865. The average molecular weight is 331 g/mol. The van der Waals surface area contributed by atoms with Gasteiger partial charge in [0, 0.05) is 25.9 Å². The molecule has 9 nitrogen and oxygen atoms in total. The van der Waals surface area contributed by atoms with Crippen LogP contribution in [0, 0.1) is 0 Å². The Hall–Kier alpha value is -2.97. The van der Waals surface area contributed by atoms with Gasteiger partial charge in [-0.3, -0.25) is 9.59 Å². The molecule has 0 radical (unpaired) electrons. The maximum atomic E-state index is 12.3. The first-order valence-corrected chi connectivity index (χ1v) is 7.38. The van der Waals surface area contributed by atoms with Crippen LogP contribution < -0.4 is 5.32 Å². The number of likely N-dealkylation sites (N-methyl/N-ethyl adjacent to an activating group) is 1. The van der Waals surface area contributed by atoms with Crippen LogP contribution in [0.25, 0.3) is 5.65 Å². The maximum absolute atomic E-state index is 12.3. The Morgan fingerprint density at radius 1 is 1.46 bits per heavy atom. The molecule has 3 rings (SSSR count). The number of hydrogen-bond acceptors (Lipinski definition) is 6. The van der Waals surface area contributed by atoms with Crippen molar-refractivity contribution in [3.8, 4) is 0 Å². The van der Waals surface area contributed by atoms with E-state index in [2.05, 4.69) is 15.4 Å². The molecule has 2 aromatic heterocycles. The number of esters is 1. The van der Waals surface area contributed by atoms with Crippen molar-refractivity contribution in [2.75, 3.05) is 12.4 Å². The van der Waals surface area contributed by atoms with Crippen LogP contribution in [0.2, 0.25) is 0 Å². The summed E-state index contributed by atoms with van der Waals surface area (Å²) in [5.41, 5.74) is 0.0819. The van der Waals surface area contributed by atoms with E-state index in [0.717, 1.165) is 4.90 Å². The lowest BCUT2D eigenvalue weighted by Crippen LogP contribution is -2.45. The summed E-state index contributed by atoms with van der Waals surface area (Å²) in [6.07, 6.45) is 4.96. The molecule has 126 valence electrons. The maximum Gasteiger partial charge on any atom is 0.329 e. The highest BCUT2D eigenvalue weighted by molar-refractivity contribution is 6.40. The quantitative estimate of drug-likeness (QED) is 0.623. The van der Waals surface area contributed by atoms with Gasteiger partial charge in [0.25, 0.3) is 0 Å². The predicted molar refractivity (Wildman–Crippen MR) is 83.0 cm³/mol. The summed E-state index contributed by atoms with van der Waals surface area (Å²) in [6.45, 7) is 3.52. The number of amides is 2. The van der Waals surface area contributed by atoms with Crippen LogP contribution in [0.5, 0.6) is 0 Å². The molecule has 0 spiro atoms. The standard InChI is InChI=1S/C15H17N5O4/c1-15(2)7-10(14(23)24-15)19(3)13(22)12(21)18-9-8-17-20-6-4-5-16-11(9)20/h4-6,8,10H,7H2,1-3H3,(H,18,21). The molecule has 9 heteroatoms. The smallest absolute Gasteiger partial charge is 0.329 e. The number of anilines is 1. The number of ether oxygens (including phenoxy) is 1. The Labute approximate surface area is 137 Å². The molecule has 0 aromatic carbocycles. The van der Waals surface area contributed by atoms with Crippen molar-refractivity contribution in [2.24, 2.45) is 0 Å². The minimum Gasteiger partial charge on any atom is -0.458 e. The van der Waals surface area contributed by atoms with Gasteiger partial charge >= 0.3 is 17.8 Å². The number of carbonyl (C=O) groups is 3. The first-order chi connectivity index (χ1) is 11.3. The van der Waals surface area contributed by atoms with Gasteiger partial charge in [-0.2, -0.15) is 5.10 Å². The summed E-state index contributed by atoms with van der Waals surface area (Å²) in [5.74, 6) is -2.21. The summed E-state index contributed by atoms with van der Waals surface area (Å²) in [7, 11) is 1.41. The third kappa shape index (κ3) is 2.80. The molecule has 1 saturated heterocycles. The number of aromatic nitrogens is 3. The van der Waals surface area contributed by atoms with Crippen molar-refractivity contribution in [3.63, 3.8) is 0 Å². The van der Waals surface area contributed by atoms with Crippen LogP contribution in [-0.4, -0.2) is 56.0 Å². The van der Waals surface area contributed by atoms with Gasteiger partial charge in [0.2, 0.25) is 0 Å². The summed E-state index contributed by atoms with van der Waals surface area (Å²) in [6, 6.07) is 0.915. The van der Waals surface area contributed by atoms with Crippen molar-refractivity contribution >= 4 is 29.1 Å². The number of nitrogens with one attached hydrogen (secondary N) is 1. The zero-order valence-electron chi connectivity index (χ0n) is 13.5. The highest BCUT2D eigenvalue weighted by atomic mass is 16.6. The third-order valence-corrected chi connectivity index (χ3v) is 3.84. The fourth-order valence-electron chi connectivity index (χ4n) is 2.62. The predicted octanol–water partition coefficient (Wildman–Crippen LogP) is 0.220. The number of fused-ring (bicyclic) bond motifs is 1. The molecule has 1 unspecified atom stereocenters. The van der Waals surface area contributed by atoms with Crippen LogP contribution in [0.1, 0.15) is 20.3 Å². The lowest BCUT2D eigenvalue weighted by Gasteiger charge is -2.21. The van der Waals surface area contributed by atoms with E-state index in [1.165, 1.54) is 17.8 Å². The minimum absolute atomic E-state index is 0.316. The molecule has 0 aliphatic carbocycles. The van der Waals surface area contributed by atoms with Crippen molar-refractivity contribution in [1.29, 1.82) is 0 Å². The zero-order valence-corrected chi connectivity index (χ0v) is 13.5. The van der Waals surface area contributed by atoms with E-state index in [-0.39, 0.29) is 0 Å². The van der Waals surface area contributed by atoms with Gasteiger partial charge in [-0.1, -0.05) is 0 Å². The normalized spacial score (nSPS) is 19.1. The molecule has 3 heterocycles. The van der Waals surface area contributed by atoms with E-state index in [1.54, 1.807) is 32.3 Å². The van der Waals surface area contributed by atoms with Gasteiger partial charge in [0.1, 0.15) is 17.3 Å². The number of nitrogens with zero attached hydrogens (tertiary/aromatic N) is 4. The molecular formula is C15H17N5O4. The molecule has 2 aromatic rings. The summed E-state index contributed by atoms with van der Waals surface area (Å²) >= 11 is 0. The van der Waals surface area contributed by atoms with Crippen LogP contribution in [-0.2, 0) is 19.1 Å². The summed E-state index contributed by atoms with van der Waals surface area (Å²) in [5, 5.41) is 6.50. The largest absolute Gasteiger partial charge is 0.458 e. The van der Waals surface area contributed by atoms with Gasteiger partial charge in [-0.05, 0) is 19.9 Å². The Kier molecular flexibility index (Phi) is 3.70. The molecule has 1 atom stereocenters. The van der Waals surface area contributed by atoms with E-state index in [1.807, 2.05) is 0 Å². The average Bonchev–Trinajstić information content (AvgIpc) is 3.06. The lowest BCUT2D eigenvalue weighted by atomic mass is 10.0. The number of hydrogen-bond donors (Lipinski definition) is 1. The molecule has 24 heavy (non-hydrogen) atoms. The molecular weight excluding hydrogens is 314 g/mol. The van der Waals surface area contributed by atoms with Gasteiger partial charge in [0.15, 0.2) is 5.65 Å². The van der Waals surface area contributed by atoms with Crippen LogP contribution in [0.4, 0.5) is 5.69 Å². The monoisotopic (exact) mass is 331 g/mol. The Morgan fingerprint density at radius 3 is 2.88 bits per heavy atom. The fraction of sp³-hybridized carbons (Fsp3) is 0.400. The van der Waals surface area contributed by atoms with Gasteiger partial charge in [-0.15, -0.1) is 0 Å². The Morgan fingerprint density at radius 2 is 2.21 bits per heavy atom. The van der Waals surface area contributed by atoms with Gasteiger partial charge in [-0.25, -0.2) is 14.3 Å². The van der Waals surface area contributed by atoms with Crippen molar-refractivity contribution in [1.82, 2.24) is 19.5 Å². The zero-order chi connectivity index (χ0) is 17.5. The lowest BCUT2D eigenvalue weighted by molar-refractivity contribution is -0.153. The van der Waals surface area contributed by atoms with Crippen molar-refractivity contribution in [3.05, 3.63) is 24.7 Å². The molecule has 1 fully saturated rings. The van der Waals surface area contributed by atoms with Gasteiger partial charge in [0.05, 0.1) is 6.20 Å². The molecule has 2 amide bonds. The SMILES string of the molecule is CN(C(=O)C(=O)Nc1cnn2cccnc12)C1CC(C)(C)OC1=O. The van der Waals surface area contributed by atoms with E-state index >= 15 is 0 Å². The highest BCUT2D eigenvalue weighted by Gasteiger charge is 2.44. The molecule has 0 saturated carbocycles. The first kappa shape index (κ1) is 15.9.